The van der Waals surface area contributed by atoms with E-state index in [4.69, 9.17) is 4.98 Å². The van der Waals surface area contributed by atoms with Gasteiger partial charge in [0.25, 0.3) is 0 Å². The van der Waals surface area contributed by atoms with Crippen LogP contribution in [0.15, 0.2) is 66.9 Å². The highest BCUT2D eigenvalue weighted by Crippen LogP contribution is 2.26. The van der Waals surface area contributed by atoms with E-state index in [9.17, 15) is 9.90 Å². The maximum atomic E-state index is 11.8. The van der Waals surface area contributed by atoms with Gasteiger partial charge in [0, 0.05) is 18.8 Å². The summed E-state index contributed by atoms with van der Waals surface area (Å²) in [6, 6.07) is 21.3. The van der Waals surface area contributed by atoms with Gasteiger partial charge in [-0.15, -0.1) is 0 Å². The molecule has 1 atom stereocenters. The van der Waals surface area contributed by atoms with Gasteiger partial charge in [0.15, 0.2) is 0 Å². The van der Waals surface area contributed by atoms with Crippen LogP contribution in [0.1, 0.15) is 59.3 Å². The molecule has 1 fully saturated rings. The van der Waals surface area contributed by atoms with E-state index in [0.29, 0.717) is 24.1 Å². The second-order valence-corrected chi connectivity index (χ2v) is 8.54. The molecule has 166 valence electrons. The quantitative estimate of drug-likeness (QED) is 0.497. The Kier molecular flexibility index (Phi) is 7.49. The van der Waals surface area contributed by atoms with E-state index in [2.05, 4.69) is 46.3 Å². The van der Waals surface area contributed by atoms with E-state index in [1.807, 2.05) is 24.3 Å². The first-order valence-electron chi connectivity index (χ1n) is 11.6. The molecule has 0 bridgehead atoms. The van der Waals surface area contributed by atoms with Gasteiger partial charge in [-0.1, -0.05) is 60.7 Å². The van der Waals surface area contributed by atoms with Crippen molar-refractivity contribution < 1.29 is 9.90 Å². The average molecular weight is 430 g/mol. The standard InChI is InChI=1S/C27H31N3O2/c31-26(32)24-20-28-27(29-25(24)16-9-14-21-10-3-1-4-11-21)30-19-8-7-15-23(30)18-17-22-12-5-2-6-13-22/h1-6,10-13,20,23H,7-9,14-19H2,(H,31,32)/t23-/m0/s1. The van der Waals surface area contributed by atoms with Crippen LogP contribution in [0.5, 0.6) is 0 Å². The molecule has 0 radical (unpaired) electrons. The van der Waals surface area contributed by atoms with Crippen molar-refractivity contribution >= 4 is 11.9 Å². The Morgan fingerprint density at radius 3 is 2.31 bits per heavy atom. The van der Waals surface area contributed by atoms with E-state index in [1.165, 1.54) is 23.7 Å². The van der Waals surface area contributed by atoms with Gasteiger partial charge in [0.05, 0.1) is 11.3 Å². The maximum absolute atomic E-state index is 11.8. The zero-order valence-corrected chi connectivity index (χ0v) is 18.5. The number of hydrogen-bond acceptors (Lipinski definition) is 4. The minimum Gasteiger partial charge on any atom is -0.478 e. The number of hydrogen-bond donors (Lipinski definition) is 1. The second kappa shape index (κ2) is 10.9. The Hall–Kier alpha value is -3.21. The van der Waals surface area contributed by atoms with Crippen molar-refractivity contribution in [3.8, 4) is 0 Å². The summed E-state index contributed by atoms with van der Waals surface area (Å²) in [4.78, 5) is 23.4. The monoisotopic (exact) mass is 429 g/mol. The van der Waals surface area contributed by atoms with Gasteiger partial charge < -0.3 is 10.0 Å². The van der Waals surface area contributed by atoms with Gasteiger partial charge in [0.1, 0.15) is 0 Å². The van der Waals surface area contributed by atoms with E-state index in [0.717, 1.165) is 45.1 Å². The number of carbonyl (C=O) groups is 1. The fourth-order valence-corrected chi connectivity index (χ4v) is 4.56. The van der Waals surface area contributed by atoms with Crippen LogP contribution in [0, 0.1) is 0 Å². The minimum absolute atomic E-state index is 0.222. The van der Waals surface area contributed by atoms with Crippen molar-refractivity contribution in [1.82, 2.24) is 9.97 Å². The molecule has 5 nitrogen and oxygen atoms in total. The molecule has 3 aromatic rings. The van der Waals surface area contributed by atoms with Gasteiger partial charge in [-0.3, -0.25) is 0 Å². The molecule has 0 spiro atoms. The third-order valence-corrected chi connectivity index (χ3v) is 6.30. The Morgan fingerprint density at radius 1 is 0.938 bits per heavy atom. The van der Waals surface area contributed by atoms with Crippen LogP contribution >= 0.6 is 0 Å². The summed E-state index contributed by atoms with van der Waals surface area (Å²) in [6.07, 6.45) is 9.44. The molecule has 4 rings (SSSR count). The summed E-state index contributed by atoms with van der Waals surface area (Å²) in [6.45, 7) is 0.926. The summed E-state index contributed by atoms with van der Waals surface area (Å²) in [7, 11) is 0. The highest BCUT2D eigenvalue weighted by molar-refractivity contribution is 5.88. The number of aromatic carboxylic acids is 1. The van der Waals surface area contributed by atoms with Crippen molar-refractivity contribution in [2.24, 2.45) is 0 Å². The highest BCUT2D eigenvalue weighted by Gasteiger charge is 2.25. The van der Waals surface area contributed by atoms with E-state index < -0.39 is 5.97 Å². The number of aryl methyl sites for hydroxylation is 3. The van der Waals surface area contributed by atoms with Crippen LogP contribution in [-0.2, 0) is 19.3 Å². The third kappa shape index (κ3) is 5.72. The molecule has 32 heavy (non-hydrogen) atoms. The Labute approximate surface area is 190 Å². The summed E-state index contributed by atoms with van der Waals surface area (Å²) in [5.41, 5.74) is 3.47. The van der Waals surface area contributed by atoms with Gasteiger partial charge in [-0.2, -0.15) is 0 Å². The van der Waals surface area contributed by atoms with Crippen molar-refractivity contribution in [3.05, 3.63) is 89.2 Å². The lowest BCUT2D eigenvalue weighted by molar-refractivity contribution is 0.0694. The van der Waals surface area contributed by atoms with Gasteiger partial charge in [0.2, 0.25) is 5.95 Å². The molecule has 5 heteroatoms. The van der Waals surface area contributed by atoms with E-state index >= 15 is 0 Å². The SMILES string of the molecule is O=C(O)c1cnc(N2CCCC[C@H]2CCc2ccccc2)nc1CCCc1ccccc1. The molecule has 2 aromatic carbocycles. The first kappa shape index (κ1) is 22.0. The average Bonchev–Trinajstić information content (AvgIpc) is 2.84. The normalized spacial score (nSPS) is 16.1. The summed E-state index contributed by atoms with van der Waals surface area (Å²) >= 11 is 0. The topological polar surface area (TPSA) is 66.3 Å². The molecular formula is C27H31N3O2. The minimum atomic E-state index is -0.953. The van der Waals surface area contributed by atoms with Crippen molar-refractivity contribution in [1.29, 1.82) is 0 Å². The van der Waals surface area contributed by atoms with Crippen LogP contribution in [0.25, 0.3) is 0 Å². The first-order chi connectivity index (χ1) is 15.7. The fraction of sp³-hybridized carbons (Fsp3) is 0.370. The third-order valence-electron chi connectivity index (χ3n) is 6.30. The van der Waals surface area contributed by atoms with E-state index in [1.54, 1.807) is 0 Å². The Morgan fingerprint density at radius 2 is 1.62 bits per heavy atom. The summed E-state index contributed by atoms with van der Waals surface area (Å²) in [5.74, 6) is -0.270. The molecule has 1 aromatic heterocycles. The summed E-state index contributed by atoms with van der Waals surface area (Å²) < 4.78 is 0. The number of nitrogens with zero attached hydrogens (tertiary/aromatic N) is 3. The van der Waals surface area contributed by atoms with Crippen molar-refractivity contribution in [3.63, 3.8) is 0 Å². The molecule has 1 aliphatic heterocycles. The van der Waals surface area contributed by atoms with Crippen LogP contribution in [0.4, 0.5) is 5.95 Å². The van der Waals surface area contributed by atoms with Gasteiger partial charge in [-0.05, 0) is 62.5 Å². The zero-order valence-electron chi connectivity index (χ0n) is 18.5. The largest absolute Gasteiger partial charge is 0.478 e. The van der Waals surface area contributed by atoms with Crippen molar-refractivity contribution in [2.75, 3.05) is 11.4 Å². The van der Waals surface area contributed by atoms with Gasteiger partial charge >= 0.3 is 5.97 Å². The van der Waals surface area contributed by atoms with Crippen LogP contribution in [0.3, 0.4) is 0 Å². The molecule has 2 heterocycles. The number of aromatic nitrogens is 2. The number of carboxylic acid groups (broad SMARTS) is 1. The number of rotatable bonds is 9. The number of benzene rings is 2. The van der Waals surface area contributed by atoms with Crippen LogP contribution in [-0.4, -0.2) is 33.6 Å². The lowest BCUT2D eigenvalue weighted by atomic mass is 9.96. The molecule has 0 saturated carbocycles. The zero-order chi connectivity index (χ0) is 22.2. The Bertz CT molecular complexity index is 1010. The highest BCUT2D eigenvalue weighted by atomic mass is 16.4. The van der Waals surface area contributed by atoms with Crippen LogP contribution in [0.2, 0.25) is 0 Å². The summed E-state index contributed by atoms with van der Waals surface area (Å²) in [5, 5.41) is 9.65. The lowest BCUT2D eigenvalue weighted by Crippen LogP contribution is -2.41. The molecular weight excluding hydrogens is 398 g/mol. The first-order valence-corrected chi connectivity index (χ1v) is 11.6. The predicted octanol–water partition coefficient (Wildman–Crippen LogP) is 5.34. The fourth-order valence-electron chi connectivity index (χ4n) is 4.56. The lowest BCUT2D eigenvalue weighted by Gasteiger charge is -2.36. The smallest absolute Gasteiger partial charge is 0.339 e. The molecule has 1 N–H and O–H groups in total. The molecule has 1 saturated heterocycles. The second-order valence-electron chi connectivity index (χ2n) is 8.54. The molecule has 0 amide bonds. The van der Waals surface area contributed by atoms with E-state index in [-0.39, 0.29) is 5.56 Å². The maximum Gasteiger partial charge on any atom is 0.339 e. The van der Waals surface area contributed by atoms with Gasteiger partial charge in [-0.25, -0.2) is 14.8 Å². The Balaban J connectivity index is 1.48. The van der Waals surface area contributed by atoms with Crippen molar-refractivity contribution in [2.45, 2.75) is 57.4 Å². The number of carboxylic acids is 1. The number of anilines is 1. The van der Waals surface area contributed by atoms with Crippen LogP contribution < -0.4 is 4.90 Å². The molecule has 0 aliphatic carbocycles. The molecule has 0 unspecified atom stereocenters. The number of piperidine rings is 1. The predicted molar refractivity (Wildman–Crippen MR) is 127 cm³/mol. The molecule has 1 aliphatic rings.